The van der Waals surface area contributed by atoms with E-state index >= 15 is 0 Å². The molecule has 4 rings (SSSR count). The van der Waals surface area contributed by atoms with Gasteiger partial charge in [0.2, 0.25) is 5.43 Å². The van der Waals surface area contributed by atoms with Crippen molar-refractivity contribution in [2.45, 2.75) is 13.0 Å². The summed E-state index contributed by atoms with van der Waals surface area (Å²) in [6, 6.07) is 13.0. The Morgan fingerprint density at radius 3 is 2.65 bits per heavy atom. The third-order valence-corrected chi connectivity index (χ3v) is 5.25. The first-order valence-electron chi connectivity index (χ1n) is 9.70. The minimum absolute atomic E-state index is 0.00667. The van der Waals surface area contributed by atoms with Crippen molar-refractivity contribution in [2.24, 2.45) is 7.05 Å². The molecule has 0 aliphatic rings. The van der Waals surface area contributed by atoms with Crippen molar-refractivity contribution in [3.05, 3.63) is 79.2 Å². The second kappa shape index (κ2) is 8.11. The third kappa shape index (κ3) is 3.49. The van der Waals surface area contributed by atoms with Gasteiger partial charge in [-0.15, -0.1) is 0 Å². The van der Waals surface area contributed by atoms with Crippen LogP contribution in [0.2, 0.25) is 0 Å². The van der Waals surface area contributed by atoms with E-state index in [1.54, 1.807) is 55.1 Å². The predicted octanol–water partition coefficient (Wildman–Crippen LogP) is 2.86. The monoisotopic (exact) mass is 420 g/mol. The highest BCUT2D eigenvalue weighted by Crippen LogP contribution is 2.24. The molecule has 0 atom stereocenters. The lowest BCUT2D eigenvalue weighted by atomic mass is 10.1. The summed E-state index contributed by atoms with van der Waals surface area (Å²) < 4.78 is 8.20. The van der Waals surface area contributed by atoms with Crippen molar-refractivity contribution < 1.29 is 9.66 Å². The van der Waals surface area contributed by atoms with Crippen LogP contribution < -0.4 is 11.0 Å². The van der Waals surface area contributed by atoms with Crippen molar-refractivity contribution in [1.82, 2.24) is 14.1 Å². The molecule has 0 unspecified atom stereocenters. The summed E-state index contributed by atoms with van der Waals surface area (Å²) in [5.41, 5.74) is 0.336. The Labute approximate surface area is 176 Å². The molecular formula is C22H20N4O5. The number of benzene rings is 2. The number of aromatic nitrogens is 3. The van der Waals surface area contributed by atoms with Crippen LogP contribution in [0.3, 0.4) is 0 Å². The number of nitrogens with zero attached hydrogens (tertiary/aromatic N) is 4. The molecule has 158 valence electrons. The van der Waals surface area contributed by atoms with Crippen LogP contribution in [0.25, 0.3) is 33.3 Å². The summed E-state index contributed by atoms with van der Waals surface area (Å²) in [6.07, 6.45) is 0.513. The van der Waals surface area contributed by atoms with Crippen molar-refractivity contribution >= 4 is 27.6 Å². The SMILES string of the molecule is COCCCn1c(-c2cccc([N+](=O)[O-])c2)nc2c(c(=O)c3ccccc3n2C)c1=O. The van der Waals surface area contributed by atoms with Gasteiger partial charge in [-0.05, 0) is 18.6 Å². The zero-order valence-corrected chi connectivity index (χ0v) is 17.1. The molecule has 2 aromatic heterocycles. The van der Waals surface area contributed by atoms with Crippen LogP contribution in [0.1, 0.15) is 6.42 Å². The van der Waals surface area contributed by atoms with Crippen LogP contribution in [0.4, 0.5) is 5.69 Å². The minimum atomic E-state index is -0.499. The lowest BCUT2D eigenvalue weighted by molar-refractivity contribution is -0.384. The fourth-order valence-electron chi connectivity index (χ4n) is 3.75. The first-order chi connectivity index (χ1) is 14.9. The van der Waals surface area contributed by atoms with Gasteiger partial charge < -0.3 is 9.30 Å². The van der Waals surface area contributed by atoms with Crippen molar-refractivity contribution in [1.29, 1.82) is 0 Å². The third-order valence-electron chi connectivity index (χ3n) is 5.25. The van der Waals surface area contributed by atoms with Crippen molar-refractivity contribution in [3.8, 4) is 11.4 Å². The average Bonchev–Trinajstić information content (AvgIpc) is 2.78. The van der Waals surface area contributed by atoms with E-state index in [0.29, 0.717) is 29.5 Å². The fourth-order valence-corrected chi connectivity index (χ4v) is 3.75. The van der Waals surface area contributed by atoms with Crippen LogP contribution in [0, 0.1) is 10.1 Å². The Balaban J connectivity index is 2.10. The van der Waals surface area contributed by atoms with Gasteiger partial charge in [0.15, 0.2) is 5.65 Å². The van der Waals surface area contributed by atoms with Crippen LogP contribution in [0.15, 0.2) is 58.1 Å². The van der Waals surface area contributed by atoms with Gasteiger partial charge >= 0.3 is 0 Å². The van der Waals surface area contributed by atoms with Crippen molar-refractivity contribution in [3.63, 3.8) is 0 Å². The lowest BCUT2D eigenvalue weighted by Crippen LogP contribution is -2.29. The van der Waals surface area contributed by atoms with E-state index in [9.17, 15) is 19.7 Å². The molecule has 0 bridgehead atoms. The fraction of sp³-hybridized carbons (Fsp3) is 0.227. The number of para-hydroxylation sites is 1. The van der Waals surface area contributed by atoms with Gasteiger partial charge in [-0.2, -0.15) is 0 Å². The van der Waals surface area contributed by atoms with Crippen molar-refractivity contribution in [2.75, 3.05) is 13.7 Å². The molecule has 0 saturated heterocycles. The Morgan fingerprint density at radius 1 is 1.13 bits per heavy atom. The quantitative estimate of drug-likeness (QED) is 0.205. The van der Waals surface area contributed by atoms with E-state index in [2.05, 4.69) is 4.98 Å². The molecule has 4 aromatic rings. The van der Waals surface area contributed by atoms with E-state index in [4.69, 9.17) is 4.74 Å². The topological polar surface area (TPSA) is 109 Å². The Morgan fingerprint density at radius 2 is 1.90 bits per heavy atom. The molecule has 0 radical (unpaired) electrons. The number of rotatable bonds is 6. The first kappa shape index (κ1) is 20.4. The highest BCUT2D eigenvalue weighted by atomic mass is 16.6. The van der Waals surface area contributed by atoms with E-state index < -0.39 is 10.5 Å². The summed E-state index contributed by atoms with van der Waals surface area (Å²) in [5, 5.41) is 11.7. The summed E-state index contributed by atoms with van der Waals surface area (Å²) in [4.78, 5) is 42.1. The summed E-state index contributed by atoms with van der Waals surface area (Å²) in [5.74, 6) is 0.266. The van der Waals surface area contributed by atoms with Crippen LogP contribution in [0.5, 0.6) is 0 Å². The molecule has 0 amide bonds. The number of hydrogen-bond acceptors (Lipinski definition) is 6. The zero-order valence-electron chi connectivity index (χ0n) is 17.1. The molecule has 0 saturated carbocycles. The Bertz CT molecular complexity index is 1440. The van der Waals surface area contributed by atoms with Gasteiger partial charge in [-0.3, -0.25) is 24.3 Å². The number of ether oxygens (including phenoxy) is 1. The van der Waals surface area contributed by atoms with E-state index in [1.807, 2.05) is 0 Å². The maximum atomic E-state index is 13.5. The largest absolute Gasteiger partial charge is 0.385 e. The van der Waals surface area contributed by atoms with E-state index in [-0.39, 0.29) is 34.5 Å². The van der Waals surface area contributed by atoms with Gasteiger partial charge in [-0.25, -0.2) is 4.98 Å². The van der Waals surface area contributed by atoms with Gasteiger partial charge in [0, 0.05) is 50.4 Å². The second-order valence-electron chi connectivity index (χ2n) is 7.15. The molecule has 0 aliphatic carbocycles. The number of hydrogen-bond donors (Lipinski definition) is 0. The predicted molar refractivity (Wildman–Crippen MR) is 117 cm³/mol. The number of pyridine rings is 1. The summed E-state index contributed by atoms with van der Waals surface area (Å²) >= 11 is 0. The summed E-state index contributed by atoms with van der Waals surface area (Å²) in [7, 11) is 3.30. The molecule has 2 heterocycles. The number of fused-ring (bicyclic) bond motifs is 2. The van der Waals surface area contributed by atoms with Gasteiger partial charge in [0.1, 0.15) is 11.2 Å². The normalized spacial score (nSPS) is 11.3. The molecular weight excluding hydrogens is 400 g/mol. The zero-order chi connectivity index (χ0) is 22.1. The van der Waals surface area contributed by atoms with Gasteiger partial charge in [0.25, 0.3) is 11.2 Å². The second-order valence-corrected chi connectivity index (χ2v) is 7.15. The Hall–Kier alpha value is -3.85. The van der Waals surface area contributed by atoms with Gasteiger partial charge in [0.05, 0.1) is 10.4 Å². The van der Waals surface area contributed by atoms with Crippen LogP contribution >= 0.6 is 0 Å². The molecule has 0 aliphatic heterocycles. The molecule has 0 N–H and O–H groups in total. The maximum absolute atomic E-state index is 13.5. The van der Waals surface area contributed by atoms with Crippen LogP contribution in [-0.4, -0.2) is 32.8 Å². The molecule has 0 spiro atoms. The van der Waals surface area contributed by atoms with Crippen LogP contribution in [-0.2, 0) is 18.3 Å². The minimum Gasteiger partial charge on any atom is -0.385 e. The number of aryl methyl sites for hydroxylation is 1. The summed E-state index contributed by atoms with van der Waals surface area (Å²) in [6.45, 7) is 0.665. The molecule has 9 heteroatoms. The first-order valence-corrected chi connectivity index (χ1v) is 9.70. The van der Waals surface area contributed by atoms with E-state index in [1.165, 1.54) is 16.7 Å². The standard InChI is InChI=1S/C22H20N4O5/c1-24-17-10-4-3-9-16(17)19(27)18-21(24)23-20(25(22(18)28)11-6-12-31-2)14-7-5-8-15(13-14)26(29)30/h3-5,7-10,13H,6,11-12H2,1-2H3. The smallest absolute Gasteiger partial charge is 0.270 e. The average molecular weight is 420 g/mol. The highest BCUT2D eigenvalue weighted by molar-refractivity contribution is 5.91. The lowest BCUT2D eigenvalue weighted by Gasteiger charge is -2.16. The van der Waals surface area contributed by atoms with E-state index in [0.717, 1.165) is 0 Å². The molecule has 2 aromatic carbocycles. The number of non-ortho nitro benzene ring substituents is 1. The Kier molecular flexibility index (Phi) is 5.35. The maximum Gasteiger partial charge on any atom is 0.270 e. The molecule has 9 nitrogen and oxygen atoms in total. The van der Waals surface area contributed by atoms with Gasteiger partial charge in [-0.1, -0.05) is 24.3 Å². The number of methoxy groups -OCH3 is 1. The molecule has 31 heavy (non-hydrogen) atoms. The molecule has 0 fully saturated rings. The highest BCUT2D eigenvalue weighted by Gasteiger charge is 2.20. The number of nitro benzene ring substituents is 1. The number of nitro groups is 1.